The molecule has 0 unspecified atom stereocenters. The van der Waals surface area contributed by atoms with Crippen molar-refractivity contribution in [3.8, 4) is 11.5 Å². The first-order chi connectivity index (χ1) is 17.4. The number of rotatable bonds is 7. The van der Waals surface area contributed by atoms with Crippen LogP contribution in [0.3, 0.4) is 0 Å². The molecule has 2 amide bonds. The summed E-state index contributed by atoms with van der Waals surface area (Å²) >= 11 is 1.40. The fourth-order valence-corrected chi connectivity index (χ4v) is 5.26. The van der Waals surface area contributed by atoms with Gasteiger partial charge in [0, 0.05) is 28.9 Å². The lowest BCUT2D eigenvalue weighted by Gasteiger charge is -2.26. The van der Waals surface area contributed by atoms with Crippen LogP contribution in [0.15, 0.2) is 47.5 Å². The molecule has 1 aromatic heterocycles. The molecule has 0 bridgehead atoms. The van der Waals surface area contributed by atoms with Crippen molar-refractivity contribution in [3.05, 3.63) is 69.6 Å². The van der Waals surface area contributed by atoms with Gasteiger partial charge in [0.05, 0.1) is 32.9 Å². The van der Waals surface area contributed by atoms with Crippen molar-refractivity contribution in [2.45, 2.75) is 26.8 Å². The van der Waals surface area contributed by atoms with E-state index in [1.807, 2.05) is 49.4 Å². The highest BCUT2D eigenvalue weighted by atomic mass is 32.1. The van der Waals surface area contributed by atoms with Crippen LogP contribution in [0.25, 0.3) is 0 Å². The minimum absolute atomic E-state index is 0.231. The molecule has 1 N–H and O–H groups in total. The van der Waals surface area contributed by atoms with Crippen LogP contribution in [-0.2, 0) is 17.7 Å². The number of amides is 2. The first kappa shape index (κ1) is 25.2. The summed E-state index contributed by atoms with van der Waals surface area (Å²) in [7, 11) is 3.15. The zero-order valence-corrected chi connectivity index (χ0v) is 21.6. The average molecular weight is 508 g/mol. The van der Waals surface area contributed by atoms with Crippen molar-refractivity contribution in [2.24, 2.45) is 4.99 Å². The van der Waals surface area contributed by atoms with E-state index in [4.69, 9.17) is 19.2 Å². The Morgan fingerprint density at radius 3 is 2.61 bits per heavy atom. The number of hydrogen-bond donors (Lipinski definition) is 1. The maximum absolute atomic E-state index is 13.5. The molecule has 0 spiro atoms. The van der Waals surface area contributed by atoms with Crippen LogP contribution in [0, 0.1) is 6.92 Å². The van der Waals surface area contributed by atoms with E-state index >= 15 is 0 Å². The Hall–Kier alpha value is -3.85. The molecule has 3 aromatic rings. The summed E-state index contributed by atoms with van der Waals surface area (Å²) in [6, 6.07) is 13.2. The van der Waals surface area contributed by atoms with Crippen LogP contribution >= 0.6 is 11.3 Å². The molecule has 0 saturated carbocycles. The Morgan fingerprint density at radius 1 is 1.14 bits per heavy atom. The Bertz CT molecular complexity index is 1280. The predicted octanol–water partition coefficient (Wildman–Crippen LogP) is 5.59. The van der Waals surface area contributed by atoms with Crippen LogP contribution in [0.5, 0.6) is 11.5 Å². The van der Waals surface area contributed by atoms with Crippen molar-refractivity contribution in [3.63, 3.8) is 0 Å². The van der Waals surface area contributed by atoms with Crippen molar-refractivity contribution >= 4 is 40.2 Å². The molecule has 1 aliphatic heterocycles. The van der Waals surface area contributed by atoms with Gasteiger partial charge in [-0.2, -0.15) is 0 Å². The molecule has 36 heavy (non-hydrogen) atoms. The summed E-state index contributed by atoms with van der Waals surface area (Å²) in [6.07, 6.45) is 1.86. The van der Waals surface area contributed by atoms with Gasteiger partial charge >= 0.3 is 6.09 Å². The average Bonchev–Trinajstić information content (AvgIpc) is 3.26. The van der Waals surface area contributed by atoms with Gasteiger partial charge in [0.15, 0.2) is 11.5 Å². The van der Waals surface area contributed by atoms with Gasteiger partial charge in [-0.15, -0.1) is 11.3 Å². The molecular weight excluding hydrogens is 478 g/mol. The number of aryl methyl sites for hydroxylation is 1. The predicted molar refractivity (Wildman–Crippen MR) is 141 cm³/mol. The highest BCUT2D eigenvalue weighted by Crippen LogP contribution is 2.40. The Morgan fingerprint density at radius 2 is 1.92 bits per heavy atom. The number of carbonyl (C=O) groups excluding carboxylic acids is 2. The highest BCUT2D eigenvalue weighted by Gasteiger charge is 2.30. The molecule has 9 heteroatoms. The number of ether oxygens (including phenoxy) is 3. The van der Waals surface area contributed by atoms with Crippen LogP contribution < -0.4 is 14.8 Å². The van der Waals surface area contributed by atoms with Crippen LogP contribution in [0.4, 0.5) is 15.5 Å². The molecule has 2 heterocycles. The van der Waals surface area contributed by atoms with Gasteiger partial charge in [-0.3, -0.25) is 4.79 Å². The Labute approximate surface area is 214 Å². The second kappa shape index (κ2) is 11.3. The lowest BCUT2D eigenvalue weighted by Crippen LogP contribution is -2.36. The quantitative estimate of drug-likeness (QED) is 0.421. The number of nitrogens with zero attached hydrogens (tertiary/aromatic N) is 2. The van der Waals surface area contributed by atoms with Gasteiger partial charge in [0.25, 0.3) is 5.91 Å². The summed E-state index contributed by atoms with van der Waals surface area (Å²) in [4.78, 5) is 33.1. The number of fused-ring (bicyclic) bond motifs is 1. The Kier molecular flexibility index (Phi) is 7.90. The summed E-state index contributed by atoms with van der Waals surface area (Å²) in [5.41, 5.74) is 3.98. The van der Waals surface area contributed by atoms with Gasteiger partial charge in [-0.1, -0.05) is 23.8 Å². The smallest absolute Gasteiger partial charge is 0.410 e. The molecule has 8 nitrogen and oxygen atoms in total. The highest BCUT2D eigenvalue weighted by molar-refractivity contribution is 7.16. The normalized spacial score (nSPS) is 12.8. The second-order valence-corrected chi connectivity index (χ2v) is 9.30. The van der Waals surface area contributed by atoms with Crippen molar-refractivity contribution in [2.75, 3.05) is 32.7 Å². The van der Waals surface area contributed by atoms with Gasteiger partial charge in [-0.25, -0.2) is 9.79 Å². The van der Waals surface area contributed by atoms with Crippen molar-refractivity contribution in [1.29, 1.82) is 0 Å². The fraction of sp³-hybridized carbons (Fsp3) is 0.296. The van der Waals surface area contributed by atoms with Gasteiger partial charge in [-0.05, 0) is 50.1 Å². The second-order valence-electron chi connectivity index (χ2n) is 8.22. The van der Waals surface area contributed by atoms with E-state index in [0.717, 1.165) is 21.6 Å². The number of aliphatic imine (C=N–C) groups is 1. The minimum Gasteiger partial charge on any atom is -0.493 e. The van der Waals surface area contributed by atoms with Crippen LogP contribution in [-0.4, -0.2) is 50.5 Å². The first-order valence-electron chi connectivity index (χ1n) is 11.6. The molecule has 0 saturated heterocycles. The van der Waals surface area contributed by atoms with Gasteiger partial charge in [0.1, 0.15) is 5.00 Å². The summed E-state index contributed by atoms with van der Waals surface area (Å²) in [5, 5.41) is 3.57. The molecule has 188 valence electrons. The van der Waals surface area contributed by atoms with Crippen LogP contribution in [0.2, 0.25) is 0 Å². The maximum atomic E-state index is 13.5. The largest absolute Gasteiger partial charge is 0.493 e. The maximum Gasteiger partial charge on any atom is 0.410 e. The third-order valence-corrected chi connectivity index (χ3v) is 6.98. The van der Waals surface area contributed by atoms with E-state index in [2.05, 4.69) is 5.32 Å². The molecule has 0 aliphatic carbocycles. The van der Waals surface area contributed by atoms with Gasteiger partial charge in [0.2, 0.25) is 0 Å². The molecule has 0 fully saturated rings. The third kappa shape index (κ3) is 5.36. The zero-order chi connectivity index (χ0) is 25.7. The fourth-order valence-electron chi connectivity index (χ4n) is 4.06. The number of methoxy groups -OCH3 is 2. The molecule has 0 atom stereocenters. The number of thiophene rings is 1. The summed E-state index contributed by atoms with van der Waals surface area (Å²) in [6.45, 7) is 4.94. The molecular formula is C27H29N3O5S. The molecule has 0 radical (unpaired) electrons. The van der Waals surface area contributed by atoms with Crippen LogP contribution in [0.1, 0.15) is 38.8 Å². The molecule has 2 aromatic carbocycles. The summed E-state index contributed by atoms with van der Waals surface area (Å²) < 4.78 is 16.1. The van der Waals surface area contributed by atoms with Crippen molar-refractivity contribution in [1.82, 2.24) is 4.90 Å². The standard InChI is InChI=1S/C27H29N3O5S/c1-5-35-27(32)30-14-13-20-22(16-30)36-26(23(20)25(31)29-19-11-9-17(2)10-12-19)28-15-18-7-6-8-21(33-3)24(18)34-4/h6-12,15H,5,13-14,16H2,1-4H3,(H,29,31). The van der Waals surface area contributed by atoms with E-state index in [0.29, 0.717) is 53.9 Å². The summed E-state index contributed by atoms with van der Waals surface area (Å²) in [5.74, 6) is 0.921. The zero-order valence-electron chi connectivity index (χ0n) is 20.8. The van der Waals surface area contributed by atoms with Crippen molar-refractivity contribution < 1.29 is 23.8 Å². The first-order valence-corrected chi connectivity index (χ1v) is 12.5. The van der Waals surface area contributed by atoms with E-state index in [1.165, 1.54) is 11.3 Å². The van der Waals surface area contributed by atoms with E-state index in [1.54, 1.807) is 32.3 Å². The van der Waals surface area contributed by atoms with E-state index in [-0.39, 0.29) is 12.0 Å². The number of benzene rings is 2. The lowest BCUT2D eigenvalue weighted by molar-refractivity contribution is 0.102. The SMILES string of the molecule is CCOC(=O)N1CCc2c(sc(N=Cc3cccc(OC)c3OC)c2C(=O)Nc2ccc(C)cc2)C1. The Balaban J connectivity index is 1.71. The topological polar surface area (TPSA) is 89.5 Å². The van der Waals surface area contributed by atoms with Gasteiger partial charge < -0.3 is 24.4 Å². The monoisotopic (exact) mass is 507 g/mol. The minimum atomic E-state index is -0.353. The van der Waals surface area contributed by atoms with E-state index < -0.39 is 0 Å². The number of nitrogens with one attached hydrogen (secondary N) is 1. The lowest BCUT2D eigenvalue weighted by atomic mass is 10.0. The molecule has 4 rings (SSSR count). The van der Waals surface area contributed by atoms with E-state index in [9.17, 15) is 9.59 Å². The third-order valence-electron chi connectivity index (χ3n) is 5.86. The number of hydrogen-bond acceptors (Lipinski definition) is 7. The number of carbonyl (C=O) groups is 2. The number of para-hydroxylation sites is 1. The number of anilines is 1. The molecule has 1 aliphatic rings.